The van der Waals surface area contributed by atoms with Gasteiger partial charge in [-0.25, -0.2) is 0 Å². The van der Waals surface area contributed by atoms with Crippen molar-refractivity contribution < 1.29 is 9.59 Å². The molecule has 0 saturated carbocycles. The van der Waals surface area contributed by atoms with Crippen molar-refractivity contribution >= 4 is 35.6 Å². The van der Waals surface area contributed by atoms with Gasteiger partial charge in [0.2, 0.25) is 11.8 Å². The van der Waals surface area contributed by atoms with Gasteiger partial charge >= 0.3 is 0 Å². The molecule has 1 fully saturated rings. The summed E-state index contributed by atoms with van der Waals surface area (Å²) in [5.41, 5.74) is 2.46. The Morgan fingerprint density at radius 3 is 2.70 bits per heavy atom. The molecule has 1 aromatic rings. The minimum atomic E-state index is -0.119. The normalized spacial score (nSPS) is 17.0. The Hall–Kier alpha value is -1.59. The molecule has 128 valence electrons. The molecule has 0 bridgehead atoms. The predicted molar refractivity (Wildman–Crippen MR) is 96.2 cm³/mol. The summed E-state index contributed by atoms with van der Waals surface area (Å²) in [5, 5.41) is 9.07. The number of carbonyl (C=O) groups excluding carboxylic acids is 2. The predicted octanol–water partition coefficient (Wildman–Crippen LogP) is 3.24. The second-order valence-corrected chi connectivity index (χ2v) is 5.82. The molecule has 1 atom stereocenters. The van der Waals surface area contributed by atoms with Crippen molar-refractivity contribution in [1.29, 1.82) is 0 Å². The molecule has 2 rings (SSSR count). The molecule has 1 aliphatic heterocycles. The van der Waals surface area contributed by atoms with Crippen LogP contribution >= 0.6 is 12.4 Å². The number of piperidine rings is 1. The van der Waals surface area contributed by atoms with Crippen molar-refractivity contribution in [3.05, 3.63) is 23.8 Å². The first-order valence-electron chi connectivity index (χ1n) is 8.05. The third-order valence-electron chi connectivity index (χ3n) is 3.88. The third-order valence-corrected chi connectivity index (χ3v) is 3.88. The Balaban J connectivity index is 0.00000264. The molecule has 2 amide bonds. The zero-order valence-electron chi connectivity index (χ0n) is 13.8. The maximum Gasteiger partial charge on any atom is 0.241 e. The van der Waals surface area contributed by atoms with E-state index in [2.05, 4.69) is 16.0 Å². The summed E-state index contributed by atoms with van der Waals surface area (Å²) in [5.74, 6) is -0.00240. The maximum absolute atomic E-state index is 12.3. The van der Waals surface area contributed by atoms with E-state index in [1.165, 1.54) is 0 Å². The van der Waals surface area contributed by atoms with Crippen LogP contribution in [0, 0.1) is 6.92 Å². The van der Waals surface area contributed by atoms with Crippen LogP contribution in [0.15, 0.2) is 18.2 Å². The van der Waals surface area contributed by atoms with Crippen LogP contribution in [-0.2, 0) is 9.59 Å². The highest BCUT2D eigenvalue weighted by molar-refractivity contribution is 5.97. The molecule has 1 aliphatic rings. The molecule has 6 heteroatoms. The van der Waals surface area contributed by atoms with Gasteiger partial charge in [0.25, 0.3) is 0 Å². The van der Waals surface area contributed by atoms with E-state index in [0.29, 0.717) is 6.42 Å². The van der Waals surface area contributed by atoms with Crippen LogP contribution in [-0.4, -0.2) is 24.4 Å². The fraction of sp³-hybridized carbons (Fsp3) is 0.529. The van der Waals surface area contributed by atoms with E-state index in [9.17, 15) is 9.59 Å². The smallest absolute Gasteiger partial charge is 0.241 e. The van der Waals surface area contributed by atoms with E-state index in [-0.39, 0.29) is 30.3 Å². The molecule has 0 aromatic heterocycles. The molecule has 23 heavy (non-hydrogen) atoms. The molecule has 0 radical (unpaired) electrons. The Morgan fingerprint density at radius 2 is 2.04 bits per heavy atom. The van der Waals surface area contributed by atoms with Gasteiger partial charge in [0.05, 0.1) is 6.04 Å². The average molecular weight is 340 g/mol. The Labute approximate surface area is 144 Å². The molecule has 0 aliphatic carbocycles. The summed E-state index contributed by atoms with van der Waals surface area (Å²) in [6.45, 7) is 4.81. The topological polar surface area (TPSA) is 70.2 Å². The first-order chi connectivity index (χ1) is 10.6. The summed E-state index contributed by atoms with van der Waals surface area (Å²) >= 11 is 0. The maximum atomic E-state index is 12.3. The Kier molecular flexibility index (Phi) is 8.06. The fourth-order valence-corrected chi connectivity index (χ4v) is 2.58. The van der Waals surface area contributed by atoms with Crippen molar-refractivity contribution in [2.75, 3.05) is 17.2 Å². The number of anilines is 2. The van der Waals surface area contributed by atoms with Crippen LogP contribution in [0.1, 0.15) is 44.6 Å². The van der Waals surface area contributed by atoms with E-state index >= 15 is 0 Å². The lowest BCUT2D eigenvalue weighted by Gasteiger charge is -2.23. The molecule has 1 saturated heterocycles. The van der Waals surface area contributed by atoms with Gasteiger partial charge in [0.15, 0.2) is 0 Å². The summed E-state index contributed by atoms with van der Waals surface area (Å²) in [6.07, 6.45) is 4.40. The molecule has 1 heterocycles. The lowest BCUT2D eigenvalue weighted by atomic mass is 10.0. The quantitative estimate of drug-likeness (QED) is 0.771. The number of hydrogen-bond donors (Lipinski definition) is 3. The van der Waals surface area contributed by atoms with Crippen molar-refractivity contribution in [3.8, 4) is 0 Å². The first-order valence-corrected chi connectivity index (χ1v) is 8.05. The average Bonchev–Trinajstić information content (AvgIpc) is 2.51. The molecule has 0 spiro atoms. The molecular weight excluding hydrogens is 314 g/mol. The lowest BCUT2D eigenvalue weighted by molar-refractivity contribution is -0.118. The van der Waals surface area contributed by atoms with Gasteiger partial charge in [-0.1, -0.05) is 19.4 Å². The van der Waals surface area contributed by atoms with Crippen LogP contribution in [0.2, 0.25) is 0 Å². The van der Waals surface area contributed by atoms with Crippen LogP contribution in [0.3, 0.4) is 0 Å². The third kappa shape index (κ3) is 5.84. The van der Waals surface area contributed by atoms with E-state index in [4.69, 9.17) is 0 Å². The van der Waals surface area contributed by atoms with Gasteiger partial charge < -0.3 is 16.0 Å². The van der Waals surface area contributed by atoms with Crippen LogP contribution < -0.4 is 16.0 Å². The largest absolute Gasteiger partial charge is 0.326 e. The highest BCUT2D eigenvalue weighted by atomic mass is 35.5. The van der Waals surface area contributed by atoms with Gasteiger partial charge in [-0.15, -0.1) is 12.4 Å². The summed E-state index contributed by atoms with van der Waals surface area (Å²) < 4.78 is 0. The van der Waals surface area contributed by atoms with Crippen LogP contribution in [0.4, 0.5) is 11.4 Å². The van der Waals surface area contributed by atoms with E-state index < -0.39 is 0 Å². The van der Waals surface area contributed by atoms with E-state index in [1.807, 2.05) is 32.0 Å². The number of benzene rings is 1. The number of halogens is 1. The Morgan fingerprint density at radius 1 is 1.26 bits per heavy atom. The molecular formula is C17H26ClN3O2. The zero-order valence-corrected chi connectivity index (χ0v) is 14.6. The molecule has 1 aromatic carbocycles. The van der Waals surface area contributed by atoms with Crippen molar-refractivity contribution in [2.24, 2.45) is 0 Å². The lowest BCUT2D eigenvalue weighted by Crippen LogP contribution is -2.43. The van der Waals surface area contributed by atoms with Crippen molar-refractivity contribution in [1.82, 2.24) is 5.32 Å². The summed E-state index contributed by atoms with van der Waals surface area (Å²) in [4.78, 5) is 24.0. The van der Waals surface area contributed by atoms with Gasteiger partial charge in [-0.3, -0.25) is 9.59 Å². The standard InChI is InChI=1S/C17H25N3O2.ClH/c1-3-6-16(21)19-13-9-8-12(2)15(11-13)20-17(22)14-7-4-5-10-18-14;/h8-9,11,14,18H,3-7,10H2,1-2H3,(H,19,21)(H,20,22);1H/t14-;/m0./s1. The monoisotopic (exact) mass is 339 g/mol. The fourth-order valence-electron chi connectivity index (χ4n) is 2.58. The number of rotatable bonds is 5. The van der Waals surface area contributed by atoms with Gasteiger partial charge in [0.1, 0.15) is 0 Å². The van der Waals surface area contributed by atoms with Crippen LogP contribution in [0.25, 0.3) is 0 Å². The SMILES string of the molecule is CCCC(=O)Nc1ccc(C)c(NC(=O)[C@@H]2CCCCN2)c1.Cl. The first kappa shape index (κ1) is 19.5. The number of nitrogens with one attached hydrogen (secondary N) is 3. The molecule has 0 unspecified atom stereocenters. The summed E-state index contributed by atoms with van der Waals surface area (Å²) in [7, 11) is 0. The Bertz CT molecular complexity index is 543. The number of amides is 2. The van der Waals surface area contributed by atoms with Crippen molar-refractivity contribution in [3.63, 3.8) is 0 Å². The summed E-state index contributed by atoms with van der Waals surface area (Å²) in [6, 6.07) is 5.47. The minimum Gasteiger partial charge on any atom is -0.326 e. The molecule has 5 nitrogen and oxygen atoms in total. The highest BCUT2D eigenvalue weighted by Crippen LogP contribution is 2.21. The van der Waals surface area contributed by atoms with Crippen LogP contribution in [0.5, 0.6) is 0 Å². The number of carbonyl (C=O) groups is 2. The van der Waals surface area contributed by atoms with Gasteiger partial charge in [0, 0.05) is 17.8 Å². The molecule has 3 N–H and O–H groups in total. The minimum absolute atomic E-state index is 0. The van der Waals surface area contributed by atoms with Gasteiger partial charge in [-0.05, 0) is 50.4 Å². The second-order valence-electron chi connectivity index (χ2n) is 5.82. The number of hydrogen-bond acceptors (Lipinski definition) is 3. The number of aryl methyl sites for hydroxylation is 1. The van der Waals surface area contributed by atoms with E-state index in [0.717, 1.165) is 49.2 Å². The van der Waals surface area contributed by atoms with E-state index in [1.54, 1.807) is 0 Å². The highest BCUT2D eigenvalue weighted by Gasteiger charge is 2.20. The van der Waals surface area contributed by atoms with Crippen molar-refractivity contribution in [2.45, 2.75) is 52.0 Å². The van der Waals surface area contributed by atoms with Gasteiger partial charge in [-0.2, -0.15) is 0 Å². The zero-order chi connectivity index (χ0) is 15.9. The second kappa shape index (κ2) is 9.53.